The third-order valence-electron chi connectivity index (χ3n) is 5.56. The van der Waals surface area contributed by atoms with Gasteiger partial charge in [0.15, 0.2) is 6.61 Å². The van der Waals surface area contributed by atoms with Crippen molar-refractivity contribution in [2.45, 2.75) is 37.3 Å². The molecule has 0 spiro atoms. The minimum absolute atomic E-state index is 0.0169. The van der Waals surface area contributed by atoms with E-state index in [4.69, 9.17) is 19.3 Å². The Morgan fingerprint density at radius 1 is 1.08 bits per heavy atom. The molecule has 3 rings (SSSR count). The van der Waals surface area contributed by atoms with Gasteiger partial charge in [0.1, 0.15) is 25.1 Å². The van der Waals surface area contributed by atoms with Gasteiger partial charge < -0.3 is 34.7 Å². The van der Waals surface area contributed by atoms with Gasteiger partial charge in [-0.3, -0.25) is 9.59 Å². The molecule has 11 nitrogen and oxygen atoms in total. The van der Waals surface area contributed by atoms with E-state index >= 15 is 0 Å². The Morgan fingerprint density at radius 2 is 1.82 bits per heavy atom. The molecule has 3 N–H and O–H groups in total. The van der Waals surface area contributed by atoms with Crippen molar-refractivity contribution >= 4 is 29.8 Å². The quantitative estimate of drug-likeness (QED) is 0.268. The monoisotopic (exact) mass is 556 g/mol. The van der Waals surface area contributed by atoms with Crippen molar-refractivity contribution in [3.05, 3.63) is 53.1 Å². The first-order chi connectivity index (χ1) is 18.6. The normalized spacial score (nSPS) is 20.6. The van der Waals surface area contributed by atoms with Gasteiger partial charge in [-0.2, -0.15) is 13.2 Å². The maximum absolute atomic E-state index is 12.8. The van der Waals surface area contributed by atoms with Crippen LogP contribution in [0.15, 0.2) is 42.0 Å². The van der Waals surface area contributed by atoms with E-state index in [9.17, 15) is 32.3 Å². The van der Waals surface area contributed by atoms with Crippen LogP contribution >= 0.6 is 0 Å². The molecule has 1 aliphatic carbocycles. The fourth-order valence-corrected chi connectivity index (χ4v) is 3.71. The number of alkyl halides is 3. The molecule has 1 aromatic carbocycles. The second-order valence-corrected chi connectivity index (χ2v) is 8.48. The maximum atomic E-state index is 12.8. The molecule has 0 aromatic heterocycles. The Balaban J connectivity index is 1.55. The third kappa shape index (κ3) is 9.50. The van der Waals surface area contributed by atoms with Gasteiger partial charge in [-0.25, -0.2) is 9.59 Å². The second-order valence-electron chi connectivity index (χ2n) is 8.48. The van der Waals surface area contributed by atoms with E-state index in [1.165, 1.54) is 30.3 Å². The Labute approximate surface area is 220 Å². The summed E-state index contributed by atoms with van der Waals surface area (Å²) in [6.07, 6.45) is -3.00. The van der Waals surface area contributed by atoms with Crippen LogP contribution in [0.4, 0.5) is 13.2 Å². The summed E-state index contributed by atoms with van der Waals surface area (Å²) in [4.78, 5) is 48.4. The van der Waals surface area contributed by atoms with Crippen molar-refractivity contribution in [3.63, 3.8) is 0 Å². The SMILES string of the molecule is O=C(CCNC(=O)C1=C[C@H]2OCO[C@H]2[C@H](OC(=O)c2ccc(C=CC(=O)OCC(F)(F)F)cc2)C1)NCCO. The number of hydrogen-bond donors (Lipinski definition) is 3. The number of fused-ring (bicyclic) bond motifs is 1. The summed E-state index contributed by atoms with van der Waals surface area (Å²) < 4.78 is 57.0. The molecule has 0 bridgehead atoms. The molecule has 39 heavy (non-hydrogen) atoms. The molecule has 14 heteroatoms. The third-order valence-corrected chi connectivity index (χ3v) is 5.56. The number of carbonyl (C=O) groups is 4. The summed E-state index contributed by atoms with van der Waals surface area (Å²) in [5, 5.41) is 13.8. The highest BCUT2D eigenvalue weighted by Crippen LogP contribution is 2.30. The van der Waals surface area contributed by atoms with E-state index in [0.29, 0.717) is 11.1 Å². The zero-order valence-electron chi connectivity index (χ0n) is 20.6. The zero-order valence-corrected chi connectivity index (χ0v) is 20.6. The molecule has 2 amide bonds. The van der Waals surface area contributed by atoms with Gasteiger partial charge in [-0.15, -0.1) is 0 Å². The largest absolute Gasteiger partial charge is 0.456 e. The van der Waals surface area contributed by atoms with Crippen molar-refractivity contribution in [1.29, 1.82) is 0 Å². The van der Waals surface area contributed by atoms with Gasteiger partial charge in [-0.05, 0) is 29.8 Å². The van der Waals surface area contributed by atoms with Crippen LogP contribution in [0.25, 0.3) is 6.08 Å². The number of carbonyl (C=O) groups excluding carboxylic acids is 4. The molecule has 1 aliphatic heterocycles. The lowest BCUT2D eigenvalue weighted by Crippen LogP contribution is -2.43. The maximum Gasteiger partial charge on any atom is 0.422 e. The predicted octanol–water partition coefficient (Wildman–Crippen LogP) is 1.02. The van der Waals surface area contributed by atoms with Gasteiger partial charge in [0.05, 0.1) is 12.2 Å². The van der Waals surface area contributed by atoms with Crippen molar-refractivity contribution in [1.82, 2.24) is 10.6 Å². The van der Waals surface area contributed by atoms with Crippen molar-refractivity contribution in [2.24, 2.45) is 0 Å². The van der Waals surface area contributed by atoms with E-state index in [2.05, 4.69) is 15.4 Å². The van der Waals surface area contributed by atoms with Gasteiger partial charge >= 0.3 is 18.1 Å². The summed E-state index contributed by atoms with van der Waals surface area (Å²) in [6.45, 7) is -1.76. The minimum Gasteiger partial charge on any atom is -0.456 e. The number of esters is 2. The lowest BCUT2D eigenvalue weighted by atomic mass is 9.91. The molecule has 1 saturated heterocycles. The van der Waals surface area contributed by atoms with Crippen molar-refractivity contribution < 1.29 is 56.4 Å². The number of aliphatic hydroxyl groups excluding tert-OH is 1. The first kappa shape index (κ1) is 29.8. The van der Waals surface area contributed by atoms with Gasteiger partial charge in [-0.1, -0.05) is 12.1 Å². The number of benzene rings is 1. The van der Waals surface area contributed by atoms with Crippen LogP contribution in [0.5, 0.6) is 0 Å². The molecule has 0 saturated carbocycles. The summed E-state index contributed by atoms with van der Waals surface area (Å²) in [5.41, 5.74) is 0.873. The van der Waals surface area contributed by atoms with Gasteiger partial charge in [0, 0.05) is 37.6 Å². The van der Waals surface area contributed by atoms with Crippen molar-refractivity contribution in [2.75, 3.05) is 33.1 Å². The Hall–Kier alpha value is -3.75. The Kier molecular flexibility index (Phi) is 10.6. The van der Waals surface area contributed by atoms with Crippen LogP contribution in [0.3, 0.4) is 0 Å². The topological polar surface area (TPSA) is 149 Å². The number of amides is 2. The fraction of sp³-hybridized carbons (Fsp3) is 0.440. The Bertz CT molecular complexity index is 1100. The van der Waals surface area contributed by atoms with Gasteiger partial charge in [0.2, 0.25) is 11.8 Å². The molecule has 2 aliphatic rings. The van der Waals surface area contributed by atoms with E-state index < -0.39 is 48.9 Å². The average molecular weight is 556 g/mol. The smallest absolute Gasteiger partial charge is 0.422 e. The molecule has 1 aromatic rings. The van der Waals surface area contributed by atoms with E-state index in [-0.39, 0.29) is 50.8 Å². The average Bonchev–Trinajstić information content (AvgIpc) is 3.38. The molecule has 212 valence electrons. The first-order valence-corrected chi connectivity index (χ1v) is 11.9. The number of nitrogens with one attached hydrogen (secondary N) is 2. The molecule has 0 radical (unpaired) electrons. The van der Waals surface area contributed by atoms with E-state index in [1.807, 2.05) is 0 Å². The Morgan fingerprint density at radius 3 is 2.51 bits per heavy atom. The highest BCUT2D eigenvalue weighted by atomic mass is 19.4. The summed E-state index contributed by atoms with van der Waals surface area (Å²) in [7, 11) is 0. The molecular weight excluding hydrogens is 529 g/mol. The molecule has 3 atom stereocenters. The molecule has 1 fully saturated rings. The molecule has 0 unspecified atom stereocenters. The molecule has 1 heterocycles. The summed E-state index contributed by atoms with van der Waals surface area (Å²) in [5.74, 6) is -2.66. The van der Waals surface area contributed by atoms with Crippen LogP contribution in [0.2, 0.25) is 0 Å². The number of aliphatic hydroxyl groups is 1. The van der Waals surface area contributed by atoms with Crippen LogP contribution in [-0.4, -0.2) is 86.4 Å². The first-order valence-electron chi connectivity index (χ1n) is 11.9. The lowest BCUT2D eigenvalue weighted by molar-refractivity contribution is -0.182. The lowest BCUT2D eigenvalue weighted by Gasteiger charge is -2.30. The molecular formula is C25H27F3N2O9. The number of halogens is 3. The van der Waals surface area contributed by atoms with E-state index in [0.717, 1.165) is 6.08 Å². The van der Waals surface area contributed by atoms with Crippen LogP contribution in [0.1, 0.15) is 28.8 Å². The summed E-state index contributed by atoms with van der Waals surface area (Å²) in [6, 6.07) is 5.72. The standard InChI is InChI=1S/C25H27F3N2O9/c26-25(27,28)13-36-21(33)6-3-15-1-4-16(5-2-15)24(35)39-19-12-17(11-18-22(19)38-14-37-18)23(34)30-8-7-20(32)29-9-10-31/h1-6,11,18-19,22,31H,7-10,12-14H2,(H,29,32)(H,30,34)/t18-,19-,22-/m1/s1. The van der Waals surface area contributed by atoms with Crippen LogP contribution in [0, 0.1) is 0 Å². The zero-order chi connectivity index (χ0) is 28.4. The number of hydrogen-bond acceptors (Lipinski definition) is 9. The van der Waals surface area contributed by atoms with E-state index in [1.54, 1.807) is 6.08 Å². The number of ether oxygens (including phenoxy) is 4. The highest BCUT2D eigenvalue weighted by molar-refractivity contribution is 5.94. The predicted molar refractivity (Wildman–Crippen MR) is 127 cm³/mol. The van der Waals surface area contributed by atoms with Crippen LogP contribution < -0.4 is 10.6 Å². The van der Waals surface area contributed by atoms with Crippen LogP contribution in [-0.2, 0) is 33.3 Å². The number of rotatable bonds is 11. The van der Waals surface area contributed by atoms with Gasteiger partial charge in [0.25, 0.3) is 0 Å². The van der Waals surface area contributed by atoms with Crippen molar-refractivity contribution in [3.8, 4) is 0 Å². The highest BCUT2D eigenvalue weighted by Gasteiger charge is 2.42. The minimum atomic E-state index is -4.63. The fourth-order valence-electron chi connectivity index (χ4n) is 3.71. The second kappa shape index (κ2) is 13.9. The summed E-state index contributed by atoms with van der Waals surface area (Å²) >= 11 is 0.